The molecule has 0 bridgehead atoms. The Hall–Kier alpha value is -1.10. The first-order chi connectivity index (χ1) is 7.88. The predicted octanol–water partition coefficient (Wildman–Crippen LogP) is 1.86. The van der Waals surface area contributed by atoms with E-state index < -0.39 is 0 Å². The van der Waals surface area contributed by atoms with Crippen LogP contribution in [0.1, 0.15) is 32.1 Å². The first-order valence-corrected chi connectivity index (χ1v) is 6.02. The van der Waals surface area contributed by atoms with Crippen LogP contribution in [-0.4, -0.2) is 29.9 Å². The average Bonchev–Trinajstić information content (AvgIpc) is 2.78. The minimum absolute atomic E-state index is 0.605. The van der Waals surface area contributed by atoms with Crippen LogP contribution in [0.5, 0.6) is 0 Å². The SMILES string of the molecule is CCc1nc(NCCC2CCCOC2)no1. The molecule has 1 aliphatic heterocycles. The van der Waals surface area contributed by atoms with Crippen LogP contribution in [0, 0.1) is 5.92 Å². The summed E-state index contributed by atoms with van der Waals surface area (Å²) in [5.74, 6) is 1.97. The smallest absolute Gasteiger partial charge is 0.263 e. The molecule has 1 aromatic rings. The van der Waals surface area contributed by atoms with E-state index in [1.165, 1.54) is 12.8 Å². The lowest BCUT2D eigenvalue weighted by atomic mass is 9.99. The van der Waals surface area contributed by atoms with Gasteiger partial charge in [-0.2, -0.15) is 4.98 Å². The second-order valence-electron chi connectivity index (χ2n) is 4.16. The third-order valence-corrected chi connectivity index (χ3v) is 2.86. The molecule has 0 aromatic carbocycles. The molecule has 2 rings (SSSR count). The molecule has 90 valence electrons. The number of hydrogen-bond acceptors (Lipinski definition) is 5. The van der Waals surface area contributed by atoms with Gasteiger partial charge in [-0.1, -0.05) is 6.92 Å². The van der Waals surface area contributed by atoms with Crippen molar-refractivity contribution in [2.45, 2.75) is 32.6 Å². The monoisotopic (exact) mass is 225 g/mol. The van der Waals surface area contributed by atoms with Crippen molar-refractivity contribution in [2.75, 3.05) is 25.1 Å². The summed E-state index contributed by atoms with van der Waals surface area (Å²) in [6, 6.07) is 0. The minimum atomic E-state index is 0.605. The highest BCUT2D eigenvalue weighted by atomic mass is 16.5. The Morgan fingerprint density at radius 2 is 2.44 bits per heavy atom. The number of anilines is 1. The number of ether oxygens (including phenoxy) is 1. The van der Waals surface area contributed by atoms with E-state index in [-0.39, 0.29) is 0 Å². The molecule has 0 aliphatic carbocycles. The summed E-state index contributed by atoms with van der Waals surface area (Å²) < 4.78 is 10.4. The van der Waals surface area contributed by atoms with Gasteiger partial charge in [-0.15, -0.1) is 0 Å². The zero-order valence-electron chi connectivity index (χ0n) is 9.74. The van der Waals surface area contributed by atoms with E-state index in [2.05, 4.69) is 15.5 Å². The summed E-state index contributed by atoms with van der Waals surface area (Å²) >= 11 is 0. The van der Waals surface area contributed by atoms with Gasteiger partial charge >= 0.3 is 0 Å². The van der Waals surface area contributed by atoms with Crippen molar-refractivity contribution in [2.24, 2.45) is 5.92 Å². The standard InChI is InChI=1S/C11H19N3O2/c1-2-10-13-11(14-16-10)12-6-5-9-4-3-7-15-8-9/h9H,2-8H2,1H3,(H,12,14). The van der Waals surface area contributed by atoms with Crippen LogP contribution in [0.4, 0.5) is 5.95 Å². The lowest BCUT2D eigenvalue weighted by Gasteiger charge is -2.21. The molecule has 0 radical (unpaired) electrons. The van der Waals surface area contributed by atoms with Crippen molar-refractivity contribution in [1.29, 1.82) is 0 Å². The lowest BCUT2D eigenvalue weighted by molar-refractivity contribution is 0.0530. The molecule has 0 spiro atoms. The molecule has 5 heteroatoms. The summed E-state index contributed by atoms with van der Waals surface area (Å²) in [4.78, 5) is 4.19. The van der Waals surface area contributed by atoms with Crippen molar-refractivity contribution in [3.05, 3.63) is 5.89 Å². The molecular formula is C11H19N3O2. The third-order valence-electron chi connectivity index (χ3n) is 2.86. The number of aryl methyl sites for hydroxylation is 1. The first-order valence-electron chi connectivity index (χ1n) is 6.02. The lowest BCUT2D eigenvalue weighted by Crippen LogP contribution is -2.20. The van der Waals surface area contributed by atoms with E-state index in [0.717, 1.165) is 32.6 Å². The van der Waals surface area contributed by atoms with E-state index in [0.29, 0.717) is 17.8 Å². The van der Waals surface area contributed by atoms with E-state index in [9.17, 15) is 0 Å². The van der Waals surface area contributed by atoms with Gasteiger partial charge in [-0.05, 0) is 30.3 Å². The third kappa shape index (κ3) is 3.20. The van der Waals surface area contributed by atoms with Crippen molar-refractivity contribution in [1.82, 2.24) is 10.1 Å². The zero-order chi connectivity index (χ0) is 11.2. The van der Waals surface area contributed by atoms with E-state index in [1.807, 2.05) is 6.92 Å². The fourth-order valence-electron chi connectivity index (χ4n) is 1.89. The maximum atomic E-state index is 5.43. The molecule has 2 heterocycles. The second-order valence-corrected chi connectivity index (χ2v) is 4.16. The Labute approximate surface area is 95.6 Å². The topological polar surface area (TPSA) is 60.2 Å². The Morgan fingerprint density at radius 1 is 1.50 bits per heavy atom. The molecule has 1 aliphatic rings. The number of rotatable bonds is 5. The number of nitrogens with one attached hydrogen (secondary N) is 1. The van der Waals surface area contributed by atoms with Crippen LogP contribution in [0.3, 0.4) is 0 Å². The van der Waals surface area contributed by atoms with Gasteiger partial charge in [0.05, 0.1) is 0 Å². The van der Waals surface area contributed by atoms with E-state index in [4.69, 9.17) is 9.26 Å². The van der Waals surface area contributed by atoms with Gasteiger partial charge < -0.3 is 14.6 Å². The van der Waals surface area contributed by atoms with Gasteiger partial charge in [-0.25, -0.2) is 0 Å². The van der Waals surface area contributed by atoms with Crippen LogP contribution in [0.25, 0.3) is 0 Å². The Morgan fingerprint density at radius 3 is 3.12 bits per heavy atom. The summed E-state index contributed by atoms with van der Waals surface area (Å²) in [7, 11) is 0. The summed E-state index contributed by atoms with van der Waals surface area (Å²) in [6.07, 6.45) is 4.35. The van der Waals surface area contributed by atoms with Gasteiger partial charge in [0.25, 0.3) is 5.95 Å². The molecule has 5 nitrogen and oxygen atoms in total. The molecule has 1 saturated heterocycles. The Balaban J connectivity index is 1.66. The molecule has 1 aromatic heterocycles. The van der Waals surface area contributed by atoms with Crippen molar-refractivity contribution in [3.8, 4) is 0 Å². The summed E-state index contributed by atoms with van der Waals surface area (Å²) in [5.41, 5.74) is 0. The average molecular weight is 225 g/mol. The highest BCUT2D eigenvalue weighted by Crippen LogP contribution is 2.16. The zero-order valence-corrected chi connectivity index (χ0v) is 9.74. The number of hydrogen-bond donors (Lipinski definition) is 1. The van der Waals surface area contributed by atoms with Crippen molar-refractivity contribution in [3.63, 3.8) is 0 Å². The molecule has 16 heavy (non-hydrogen) atoms. The Kier molecular flexibility index (Phi) is 4.16. The van der Waals surface area contributed by atoms with Crippen LogP contribution in [0.2, 0.25) is 0 Å². The van der Waals surface area contributed by atoms with Gasteiger partial charge in [0.15, 0.2) is 0 Å². The van der Waals surface area contributed by atoms with Gasteiger partial charge in [0.1, 0.15) is 0 Å². The second kappa shape index (κ2) is 5.84. The Bertz CT molecular complexity index is 308. The van der Waals surface area contributed by atoms with Crippen molar-refractivity contribution >= 4 is 5.95 Å². The normalized spacial score (nSPS) is 20.9. The number of nitrogens with zero attached hydrogens (tertiary/aromatic N) is 2. The molecular weight excluding hydrogens is 206 g/mol. The molecule has 1 atom stereocenters. The molecule has 1 N–H and O–H groups in total. The summed E-state index contributed by atoms with van der Waals surface area (Å²) in [5, 5.41) is 7.02. The largest absolute Gasteiger partial charge is 0.381 e. The minimum Gasteiger partial charge on any atom is -0.381 e. The van der Waals surface area contributed by atoms with Crippen LogP contribution >= 0.6 is 0 Å². The van der Waals surface area contributed by atoms with Crippen LogP contribution in [0.15, 0.2) is 4.52 Å². The quantitative estimate of drug-likeness (QED) is 0.828. The van der Waals surface area contributed by atoms with Gasteiger partial charge in [0, 0.05) is 26.2 Å². The maximum absolute atomic E-state index is 5.43. The highest BCUT2D eigenvalue weighted by Gasteiger charge is 2.13. The summed E-state index contributed by atoms with van der Waals surface area (Å²) in [6.45, 7) is 4.70. The fraction of sp³-hybridized carbons (Fsp3) is 0.818. The first kappa shape index (κ1) is 11.4. The van der Waals surface area contributed by atoms with Crippen LogP contribution in [-0.2, 0) is 11.2 Å². The maximum Gasteiger partial charge on any atom is 0.263 e. The van der Waals surface area contributed by atoms with Crippen molar-refractivity contribution < 1.29 is 9.26 Å². The highest BCUT2D eigenvalue weighted by molar-refractivity contribution is 5.20. The van der Waals surface area contributed by atoms with E-state index in [1.54, 1.807) is 0 Å². The van der Waals surface area contributed by atoms with Crippen LogP contribution < -0.4 is 5.32 Å². The molecule has 1 fully saturated rings. The molecule has 1 unspecified atom stereocenters. The van der Waals surface area contributed by atoms with Gasteiger partial charge in [0.2, 0.25) is 5.89 Å². The van der Waals surface area contributed by atoms with E-state index >= 15 is 0 Å². The van der Waals surface area contributed by atoms with Gasteiger partial charge in [-0.3, -0.25) is 0 Å². The predicted molar refractivity (Wildman–Crippen MR) is 60.3 cm³/mol. The number of aromatic nitrogens is 2. The molecule has 0 saturated carbocycles. The molecule has 0 amide bonds. The fourth-order valence-corrected chi connectivity index (χ4v) is 1.89.